The van der Waals surface area contributed by atoms with Crippen LogP contribution in [-0.4, -0.2) is 41.6 Å². The van der Waals surface area contributed by atoms with Crippen molar-refractivity contribution >= 4 is 68.7 Å². The Kier molecular flexibility index (Phi) is 7.84. The van der Waals surface area contributed by atoms with Gasteiger partial charge in [-0.2, -0.15) is 0 Å². The lowest BCUT2D eigenvalue weighted by Crippen LogP contribution is -2.27. The van der Waals surface area contributed by atoms with E-state index in [0.717, 1.165) is 11.3 Å². The molecule has 1 aliphatic carbocycles. The lowest BCUT2D eigenvalue weighted by molar-refractivity contribution is -0.114. The normalized spacial score (nSPS) is 14.5. The van der Waals surface area contributed by atoms with E-state index in [1.54, 1.807) is 13.8 Å². The highest BCUT2D eigenvalue weighted by molar-refractivity contribution is 8.01. The third-order valence-corrected chi connectivity index (χ3v) is 9.33. The van der Waals surface area contributed by atoms with E-state index in [4.69, 9.17) is 4.74 Å². The van der Waals surface area contributed by atoms with E-state index in [1.165, 1.54) is 36.9 Å². The Labute approximate surface area is 210 Å². The minimum Gasteiger partial charge on any atom is -0.462 e. The van der Waals surface area contributed by atoms with Gasteiger partial charge in [-0.15, -0.1) is 34.4 Å². The van der Waals surface area contributed by atoms with Crippen LogP contribution in [0.5, 0.6) is 0 Å². The van der Waals surface area contributed by atoms with Crippen LogP contribution < -0.4 is 5.32 Å². The summed E-state index contributed by atoms with van der Waals surface area (Å²) in [5, 5.41) is 3.08. The zero-order chi connectivity index (χ0) is 25.4. The van der Waals surface area contributed by atoms with E-state index in [0.29, 0.717) is 43.5 Å². The minimum atomic E-state index is -0.585. The zero-order valence-electron chi connectivity index (χ0n) is 20.0. The number of thiophene rings is 2. The average Bonchev–Trinajstić information content (AvgIpc) is 3.23. The fourth-order valence-electron chi connectivity index (χ4n) is 3.94. The summed E-state index contributed by atoms with van der Waals surface area (Å²) in [6.07, 6.45) is 0.869. The summed E-state index contributed by atoms with van der Waals surface area (Å²) in [5.74, 6) is -1.20. The Morgan fingerprint density at radius 1 is 1.09 bits per heavy atom. The Morgan fingerprint density at radius 3 is 2.35 bits per heavy atom. The highest BCUT2D eigenvalue weighted by Crippen LogP contribution is 2.45. The molecule has 2 heterocycles. The molecule has 1 aliphatic rings. The molecule has 2 aromatic rings. The van der Waals surface area contributed by atoms with Crippen molar-refractivity contribution in [3.8, 4) is 0 Å². The van der Waals surface area contributed by atoms with E-state index in [1.807, 2.05) is 13.8 Å². The number of thioether (sulfide) groups is 1. The second-order valence-electron chi connectivity index (χ2n) is 8.99. The Hall–Kier alpha value is -2.30. The number of hydrogen-bond donors (Lipinski definition) is 1. The highest BCUT2D eigenvalue weighted by atomic mass is 32.2. The summed E-state index contributed by atoms with van der Waals surface area (Å²) < 4.78 is 5.81. The molecule has 0 aromatic carbocycles. The number of Topliss-reactive ketones (excluding diaryl/α,β-unsaturated/α-hetero) is 3. The number of carbonyl (C=O) groups is 5. The number of ether oxygens (including phenoxy) is 1. The van der Waals surface area contributed by atoms with Crippen molar-refractivity contribution in [2.75, 3.05) is 17.7 Å². The third kappa shape index (κ3) is 5.34. The van der Waals surface area contributed by atoms with Gasteiger partial charge in [0.25, 0.3) is 5.91 Å². The van der Waals surface area contributed by atoms with Crippen LogP contribution in [0.2, 0.25) is 0 Å². The van der Waals surface area contributed by atoms with Gasteiger partial charge in [0.05, 0.1) is 37.5 Å². The summed E-state index contributed by atoms with van der Waals surface area (Å²) >= 11 is 3.47. The van der Waals surface area contributed by atoms with E-state index in [9.17, 15) is 24.0 Å². The number of amides is 1. The van der Waals surface area contributed by atoms with Gasteiger partial charge in [-0.1, -0.05) is 13.8 Å². The van der Waals surface area contributed by atoms with Crippen molar-refractivity contribution in [3.05, 3.63) is 32.0 Å². The first-order valence-electron chi connectivity index (χ1n) is 10.8. The number of fused-ring (bicyclic) bond motifs is 1. The Bertz CT molecular complexity index is 1200. The van der Waals surface area contributed by atoms with Crippen molar-refractivity contribution in [2.24, 2.45) is 5.41 Å². The van der Waals surface area contributed by atoms with E-state index >= 15 is 0 Å². The summed E-state index contributed by atoms with van der Waals surface area (Å²) in [4.78, 5) is 63.7. The van der Waals surface area contributed by atoms with Gasteiger partial charge in [0.2, 0.25) is 0 Å². The molecule has 3 rings (SSSR count). The fraction of sp³-hybridized carbons (Fsp3) is 0.458. The zero-order valence-corrected chi connectivity index (χ0v) is 22.5. The maximum atomic E-state index is 13.4. The highest BCUT2D eigenvalue weighted by Gasteiger charge is 2.38. The van der Waals surface area contributed by atoms with Gasteiger partial charge in [-0.3, -0.25) is 19.2 Å². The number of carbonyl (C=O) groups excluding carboxylic acids is 5. The van der Waals surface area contributed by atoms with Crippen LogP contribution in [0.1, 0.15) is 92.2 Å². The van der Waals surface area contributed by atoms with Crippen molar-refractivity contribution in [2.45, 2.75) is 58.6 Å². The standard InChI is InChI=1S/C24H27NO6S3/c1-7-31-22(30)17-14-8-24(5,6)9-15(28)19(14)33-21(17)25-20(29)16-12(3)18(13(4)27)34-23(16)32-10-11(2)26/h7-10H2,1-6H3,(H,25,29). The van der Waals surface area contributed by atoms with Gasteiger partial charge in [-0.25, -0.2) is 4.79 Å². The number of anilines is 1. The van der Waals surface area contributed by atoms with Crippen molar-refractivity contribution in [3.63, 3.8) is 0 Å². The fourth-order valence-corrected chi connectivity index (χ4v) is 7.40. The van der Waals surface area contributed by atoms with Crippen LogP contribution in [0.15, 0.2) is 4.21 Å². The van der Waals surface area contributed by atoms with Gasteiger partial charge in [0.1, 0.15) is 10.8 Å². The lowest BCUT2D eigenvalue weighted by Gasteiger charge is -2.28. The molecule has 34 heavy (non-hydrogen) atoms. The van der Waals surface area contributed by atoms with Gasteiger partial charge in [-0.05, 0) is 50.7 Å². The molecule has 0 spiro atoms. The van der Waals surface area contributed by atoms with Gasteiger partial charge >= 0.3 is 5.97 Å². The summed E-state index contributed by atoms with van der Waals surface area (Å²) in [6.45, 7) is 10.4. The molecule has 1 amide bonds. The molecule has 2 aromatic heterocycles. The molecular weight excluding hydrogens is 494 g/mol. The second-order valence-corrected chi connectivity index (χ2v) is 12.3. The predicted molar refractivity (Wildman–Crippen MR) is 135 cm³/mol. The lowest BCUT2D eigenvalue weighted by atomic mass is 9.75. The molecule has 0 fully saturated rings. The smallest absolute Gasteiger partial charge is 0.341 e. The molecule has 0 saturated carbocycles. The Balaban J connectivity index is 2.07. The van der Waals surface area contributed by atoms with Gasteiger partial charge in [0.15, 0.2) is 11.6 Å². The first-order chi connectivity index (χ1) is 15.9. The predicted octanol–water partition coefficient (Wildman–Crippen LogP) is 5.59. The number of hydrogen-bond acceptors (Lipinski definition) is 9. The monoisotopic (exact) mass is 521 g/mol. The molecule has 1 N–H and O–H groups in total. The molecule has 182 valence electrons. The number of nitrogens with one attached hydrogen (secondary N) is 1. The molecule has 0 bridgehead atoms. The number of rotatable bonds is 8. The molecule has 0 atom stereocenters. The third-order valence-electron chi connectivity index (χ3n) is 5.33. The quantitative estimate of drug-likeness (QED) is 0.274. The summed E-state index contributed by atoms with van der Waals surface area (Å²) in [7, 11) is 0. The molecule has 0 radical (unpaired) electrons. The van der Waals surface area contributed by atoms with E-state index in [-0.39, 0.29) is 45.7 Å². The molecular formula is C24H27NO6S3. The van der Waals surface area contributed by atoms with Gasteiger partial charge in [0, 0.05) is 6.42 Å². The summed E-state index contributed by atoms with van der Waals surface area (Å²) in [5.41, 5.74) is 1.34. The number of esters is 1. The van der Waals surface area contributed by atoms with Crippen molar-refractivity contribution < 1.29 is 28.7 Å². The second kappa shape index (κ2) is 10.1. The van der Waals surface area contributed by atoms with E-state index in [2.05, 4.69) is 5.32 Å². The average molecular weight is 522 g/mol. The largest absolute Gasteiger partial charge is 0.462 e. The number of ketones is 3. The van der Waals surface area contributed by atoms with Crippen molar-refractivity contribution in [1.82, 2.24) is 0 Å². The minimum absolute atomic E-state index is 0.0524. The maximum absolute atomic E-state index is 13.4. The molecule has 0 saturated heterocycles. The Morgan fingerprint density at radius 2 is 1.76 bits per heavy atom. The van der Waals surface area contributed by atoms with Crippen LogP contribution in [-0.2, 0) is 16.0 Å². The molecule has 7 nitrogen and oxygen atoms in total. The molecule has 10 heteroatoms. The topological polar surface area (TPSA) is 107 Å². The van der Waals surface area contributed by atoms with Crippen LogP contribution in [0.4, 0.5) is 5.00 Å². The van der Waals surface area contributed by atoms with Gasteiger partial charge < -0.3 is 10.1 Å². The first kappa shape index (κ1) is 26.3. The SMILES string of the molecule is CCOC(=O)c1c(NC(=O)c2c(SCC(C)=O)sc(C(C)=O)c2C)sc2c1CC(C)(C)CC2=O. The van der Waals surface area contributed by atoms with Crippen LogP contribution in [0, 0.1) is 12.3 Å². The molecule has 0 aliphatic heterocycles. The van der Waals surface area contributed by atoms with Crippen LogP contribution in [0.25, 0.3) is 0 Å². The van der Waals surface area contributed by atoms with E-state index < -0.39 is 11.9 Å². The molecule has 0 unspecified atom stereocenters. The van der Waals surface area contributed by atoms with Crippen LogP contribution in [0.3, 0.4) is 0 Å². The summed E-state index contributed by atoms with van der Waals surface area (Å²) in [6, 6.07) is 0. The maximum Gasteiger partial charge on any atom is 0.341 e. The first-order valence-corrected chi connectivity index (χ1v) is 13.4. The van der Waals surface area contributed by atoms with Crippen LogP contribution >= 0.6 is 34.4 Å². The van der Waals surface area contributed by atoms with Crippen molar-refractivity contribution in [1.29, 1.82) is 0 Å².